The molecule has 3 aromatic carbocycles. The van der Waals surface area contributed by atoms with Gasteiger partial charge in [0.2, 0.25) is 0 Å². The summed E-state index contributed by atoms with van der Waals surface area (Å²) in [6.07, 6.45) is 5.61. The third kappa shape index (κ3) is 7.71. The van der Waals surface area contributed by atoms with Crippen LogP contribution in [0.25, 0.3) is 22.1 Å². The predicted octanol–water partition coefficient (Wildman–Crippen LogP) is 3.35. The smallest absolute Gasteiger partial charge is 0.299 e. The predicted molar refractivity (Wildman–Crippen MR) is 187 cm³/mol. The van der Waals surface area contributed by atoms with Gasteiger partial charge in [-0.1, -0.05) is 91.0 Å². The Hall–Kier alpha value is -6.93. The Balaban J connectivity index is 0.000000183. The molecule has 0 saturated carbocycles. The Morgan fingerprint density at radius 1 is 0.627 bits per heavy atom. The van der Waals surface area contributed by atoms with Gasteiger partial charge in [0.05, 0.1) is 16.3 Å². The second-order valence-corrected chi connectivity index (χ2v) is 11.0. The molecule has 51 heavy (non-hydrogen) atoms. The fraction of sp³-hybridized carbons (Fsp3) is 0.108. The third-order valence-corrected chi connectivity index (χ3v) is 7.67. The Kier molecular flexibility index (Phi) is 10.6. The molecular formula is C37H31N7O7. The number of nitrogens with one attached hydrogen (secondary N) is 1. The highest BCUT2D eigenvalue weighted by molar-refractivity contribution is 5.91. The van der Waals surface area contributed by atoms with Crippen molar-refractivity contribution >= 4 is 28.4 Å². The molecule has 7 rings (SSSR count). The normalized spacial score (nSPS) is 10.7. The van der Waals surface area contributed by atoms with Gasteiger partial charge < -0.3 is 25.2 Å². The van der Waals surface area contributed by atoms with Crippen molar-refractivity contribution in [2.75, 3.05) is 0 Å². The van der Waals surface area contributed by atoms with Crippen LogP contribution in [0.3, 0.4) is 0 Å². The summed E-state index contributed by atoms with van der Waals surface area (Å²) in [6.45, 7) is 1.05. The lowest BCUT2D eigenvalue weighted by Crippen LogP contribution is -2.32. The van der Waals surface area contributed by atoms with Gasteiger partial charge in [0, 0.05) is 25.5 Å². The second-order valence-electron chi connectivity index (χ2n) is 11.0. The fourth-order valence-corrected chi connectivity index (χ4v) is 5.10. The standard InChI is InChI=1S/C22H20N4O3.C15H11N3O4/c27-20-18-12-24-15-25-21(18)26(29-14-17-9-5-2-6-10-17)22(28)19(20)13-23-11-16-7-3-1-4-8-16;19-7-12-13(20)11-6-16-9-17-14(11)18(15(12)21)22-8-10-4-2-1-3-5-10/h1-10,12,15,23,27H,11,13-14H2;1-7,9,20H,8H2. The number of aldehydes is 1. The van der Waals surface area contributed by atoms with E-state index in [1.54, 1.807) is 0 Å². The third-order valence-electron chi connectivity index (χ3n) is 7.67. The molecule has 0 atom stereocenters. The van der Waals surface area contributed by atoms with Gasteiger partial charge in [-0.3, -0.25) is 14.4 Å². The van der Waals surface area contributed by atoms with Gasteiger partial charge in [-0.2, -0.15) is 0 Å². The van der Waals surface area contributed by atoms with E-state index in [9.17, 15) is 24.6 Å². The highest BCUT2D eigenvalue weighted by Crippen LogP contribution is 2.24. The number of carbonyl (C=O) groups is 1. The molecule has 14 heteroatoms. The maximum atomic E-state index is 13.0. The second kappa shape index (κ2) is 16.0. The largest absolute Gasteiger partial charge is 0.507 e. The van der Waals surface area contributed by atoms with Crippen molar-refractivity contribution in [2.45, 2.75) is 26.3 Å². The number of benzene rings is 3. The van der Waals surface area contributed by atoms with Gasteiger partial charge >= 0.3 is 0 Å². The van der Waals surface area contributed by atoms with Crippen molar-refractivity contribution in [3.63, 3.8) is 0 Å². The molecule has 0 radical (unpaired) electrons. The maximum absolute atomic E-state index is 13.0. The Labute approximate surface area is 289 Å². The quantitative estimate of drug-likeness (QED) is 0.169. The first kappa shape index (κ1) is 34.0. The first-order chi connectivity index (χ1) is 25.0. The summed E-state index contributed by atoms with van der Waals surface area (Å²) in [5.41, 5.74) is 1.75. The van der Waals surface area contributed by atoms with Gasteiger partial charge in [0.1, 0.15) is 42.9 Å². The van der Waals surface area contributed by atoms with Gasteiger partial charge in [-0.15, -0.1) is 9.46 Å². The minimum absolute atomic E-state index is 0.0963. The van der Waals surface area contributed by atoms with Crippen LogP contribution in [0.15, 0.2) is 126 Å². The molecule has 0 aliphatic carbocycles. The average molecular weight is 686 g/mol. The van der Waals surface area contributed by atoms with Crippen LogP contribution in [0.1, 0.15) is 32.6 Å². The molecule has 0 spiro atoms. The summed E-state index contributed by atoms with van der Waals surface area (Å²) in [5.74, 6) is -0.583. The van der Waals surface area contributed by atoms with E-state index in [2.05, 4.69) is 25.3 Å². The molecule has 4 aromatic heterocycles. The average Bonchev–Trinajstić information content (AvgIpc) is 3.18. The Bertz CT molecular complexity index is 2390. The van der Waals surface area contributed by atoms with E-state index < -0.39 is 22.4 Å². The summed E-state index contributed by atoms with van der Waals surface area (Å²) in [7, 11) is 0. The number of rotatable bonds is 11. The molecule has 0 aliphatic heterocycles. The van der Waals surface area contributed by atoms with Gasteiger partial charge in [0.25, 0.3) is 11.1 Å². The van der Waals surface area contributed by atoms with Crippen LogP contribution in [0.5, 0.6) is 11.5 Å². The number of hydrogen-bond acceptors (Lipinski definition) is 12. The number of carbonyl (C=O) groups excluding carboxylic acids is 1. The van der Waals surface area contributed by atoms with Crippen molar-refractivity contribution in [3.05, 3.63) is 165 Å². The van der Waals surface area contributed by atoms with E-state index in [1.807, 2.05) is 91.0 Å². The SMILES string of the molecule is O=Cc1c(O)c2cncnc2n(OCc2ccccc2)c1=O.O=c1c(CNCc2ccccc2)c(O)c2cncnc2n1OCc1ccccc1. The van der Waals surface area contributed by atoms with Crippen molar-refractivity contribution in [2.24, 2.45) is 0 Å². The van der Waals surface area contributed by atoms with Crippen molar-refractivity contribution in [3.8, 4) is 11.5 Å². The molecule has 0 fully saturated rings. The number of aromatic hydroxyl groups is 2. The Morgan fingerprint density at radius 3 is 1.61 bits per heavy atom. The number of fused-ring (bicyclic) bond motifs is 2. The van der Waals surface area contributed by atoms with Crippen LogP contribution >= 0.6 is 0 Å². The first-order valence-electron chi connectivity index (χ1n) is 15.6. The van der Waals surface area contributed by atoms with Crippen LogP contribution in [-0.2, 0) is 26.3 Å². The lowest BCUT2D eigenvalue weighted by Gasteiger charge is -2.15. The summed E-state index contributed by atoms with van der Waals surface area (Å²) >= 11 is 0. The molecule has 0 aliphatic rings. The van der Waals surface area contributed by atoms with E-state index >= 15 is 0 Å². The van der Waals surface area contributed by atoms with Gasteiger partial charge in [-0.25, -0.2) is 19.9 Å². The van der Waals surface area contributed by atoms with Crippen LogP contribution in [0.4, 0.5) is 0 Å². The summed E-state index contributed by atoms with van der Waals surface area (Å²) in [5, 5.41) is 24.3. The molecule has 3 N–H and O–H groups in total. The number of hydrogen-bond donors (Lipinski definition) is 3. The molecule has 256 valence electrons. The van der Waals surface area contributed by atoms with E-state index in [0.29, 0.717) is 11.9 Å². The van der Waals surface area contributed by atoms with E-state index in [-0.39, 0.29) is 54.0 Å². The molecule has 0 bridgehead atoms. The van der Waals surface area contributed by atoms with Crippen molar-refractivity contribution in [1.29, 1.82) is 0 Å². The summed E-state index contributed by atoms with van der Waals surface area (Å²) < 4.78 is 2.02. The van der Waals surface area contributed by atoms with Crippen molar-refractivity contribution < 1.29 is 24.7 Å². The Morgan fingerprint density at radius 2 is 1.10 bits per heavy atom. The number of pyridine rings is 2. The highest BCUT2D eigenvalue weighted by atomic mass is 16.7. The lowest BCUT2D eigenvalue weighted by molar-refractivity contribution is 0.0952. The van der Waals surface area contributed by atoms with Gasteiger partial charge in [0.15, 0.2) is 17.6 Å². The molecule has 7 aromatic rings. The van der Waals surface area contributed by atoms with Crippen LogP contribution in [0.2, 0.25) is 0 Å². The van der Waals surface area contributed by atoms with Crippen LogP contribution in [0, 0.1) is 0 Å². The van der Waals surface area contributed by atoms with Crippen LogP contribution in [-0.4, -0.2) is 45.9 Å². The monoisotopic (exact) mass is 685 g/mol. The van der Waals surface area contributed by atoms with Crippen LogP contribution < -0.4 is 26.1 Å². The fourth-order valence-electron chi connectivity index (χ4n) is 5.10. The number of nitrogens with zero attached hydrogens (tertiary/aromatic N) is 6. The molecule has 14 nitrogen and oxygen atoms in total. The summed E-state index contributed by atoms with van der Waals surface area (Å²) in [4.78, 5) is 63.4. The highest BCUT2D eigenvalue weighted by Gasteiger charge is 2.19. The molecule has 0 saturated heterocycles. The van der Waals surface area contributed by atoms with E-state index in [1.165, 1.54) is 25.0 Å². The van der Waals surface area contributed by atoms with Gasteiger partial charge in [-0.05, 0) is 16.7 Å². The van der Waals surface area contributed by atoms with E-state index in [0.717, 1.165) is 26.2 Å². The summed E-state index contributed by atoms with van der Waals surface area (Å²) in [6, 6.07) is 28.6. The topological polar surface area (TPSA) is 184 Å². The molecule has 0 unspecified atom stereocenters. The van der Waals surface area contributed by atoms with Crippen molar-refractivity contribution in [1.82, 2.24) is 34.7 Å². The molecule has 0 amide bonds. The lowest BCUT2D eigenvalue weighted by atomic mass is 10.2. The maximum Gasteiger partial charge on any atom is 0.299 e. The zero-order valence-electron chi connectivity index (χ0n) is 27.0. The molecular weight excluding hydrogens is 654 g/mol. The minimum atomic E-state index is -0.769. The zero-order chi connectivity index (χ0) is 35.6. The first-order valence-corrected chi connectivity index (χ1v) is 15.6. The minimum Gasteiger partial charge on any atom is -0.507 e. The zero-order valence-corrected chi connectivity index (χ0v) is 27.0. The number of aromatic nitrogens is 6. The van der Waals surface area contributed by atoms with E-state index in [4.69, 9.17) is 9.68 Å². The molecule has 4 heterocycles.